The van der Waals surface area contributed by atoms with Gasteiger partial charge < -0.3 is 24.8 Å². The lowest BCUT2D eigenvalue weighted by atomic mass is 10.0. The molecule has 0 aliphatic carbocycles. The van der Waals surface area contributed by atoms with Crippen molar-refractivity contribution in [3.63, 3.8) is 0 Å². The highest BCUT2D eigenvalue weighted by atomic mass is 32.1. The van der Waals surface area contributed by atoms with Crippen molar-refractivity contribution in [3.8, 4) is 11.5 Å². The summed E-state index contributed by atoms with van der Waals surface area (Å²) in [5.41, 5.74) is 2.80. The molecule has 0 bridgehead atoms. The Bertz CT molecular complexity index is 1030. The van der Waals surface area contributed by atoms with Crippen LogP contribution in [0.3, 0.4) is 0 Å². The lowest BCUT2D eigenvalue weighted by molar-refractivity contribution is -0.120. The van der Waals surface area contributed by atoms with E-state index in [1.807, 2.05) is 41.1 Å². The Hall–Kier alpha value is -3.01. The Balaban J connectivity index is 1.33. The van der Waals surface area contributed by atoms with Crippen molar-refractivity contribution in [1.29, 1.82) is 0 Å². The number of benzene rings is 1. The van der Waals surface area contributed by atoms with E-state index in [1.165, 1.54) is 11.2 Å². The van der Waals surface area contributed by atoms with Gasteiger partial charge in [0.2, 0.25) is 11.8 Å². The van der Waals surface area contributed by atoms with Crippen molar-refractivity contribution < 1.29 is 24.2 Å². The minimum atomic E-state index is -0.956. The van der Waals surface area contributed by atoms with Crippen molar-refractivity contribution in [2.24, 2.45) is 0 Å². The second-order valence-electron chi connectivity index (χ2n) is 7.49. The van der Waals surface area contributed by atoms with Crippen LogP contribution in [0.2, 0.25) is 0 Å². The van der Waals surface area contributed by atoms with Gasteiger partial charge in [-0.2, -0.15) is 11.3 Å². The zero-order chi connectivity index (χ0) is 21.8. The molecule has 162 valence electrons. The molecular weight excluding hydrogens is 418 g/mol. The molecule has 1 aliphatic rings. The molecule has 2 atom stereocenters. The van der Waals surface area contributed by atoms with Crippen LogP contribution < -0.4 is 5.32 Å². The molecule has 8 nitrogen and oxygen atoms in total. The zero-order valence-corrected chi connectivity index (χ0v) is 17.5. The molecule has 1 saturated heterocycles. The van der Waals surface area contributed by atoms with Crippen LogP contribution in [0.25, 0.3) is 11.5 Å². The molecule has 9 heteroatoms. The van der Waals surface area contributed by atoms with Gasteiger partial charge in [0, 0.05) is 25.2 Å². The third-order valence-corrected chi connectivity index (χ3v) is 5.92. The number of aliphatic hydroxyl groups is 2. The topological polar surface area (TPSA) is 116 Å². The van der Waals surface area contributed by atoms with E-state index in [4.69, 9.17) is 4.42 Å². The third-order valence-electron chi connectivity index (χ3n) is 5.19. The van der Waals surface area contributed by atoms with Gasteiger partial charge >= 0.3 is 0 Å². The maximum atomic E-state index is 12.6. The van der Waals surface area contributed by atoms with E-state index >= 15 is 0 Å². The summed E-state index contributed by atoms with van der Waals surface area (Å²) in [6.07, 6.45) is 0.219. The molecule has 0 radical (unpaired) electrons. The fraction of sp³-hybridized carbons (Fsp3) is 0.318. The number of piperidine rings is 1. The maximum absolute atomic E-state index is 12.6. The van der Waals surface area contributed by atoms with Crippen LogP contribution in [0, 0.1) is 0 Å². The first-order valence-electron chi connectivity index (χ1n) is 9.97. The van der Waals surface area contributed by atoms with Crippen LogP contribution in [0.4, 0.5) is 0 Å². The number of carbonyl (C=O) groups is 2. The molecule has 2 aromatic heterocycles. The number of aromatic nitrogens is 1. The number of rotatable bonds is 6. The second kappa shape index (κ2) is 9.42. The van der Waals surface area contributed by atoms with Gasteiger partial charge in [-0.25, -0.2) is 4.98 Å². The third kappa shape index (κ3) is 5.19. The number of nitrogens with one attached hydrogen (secondary N) is 1. The molecule has 3 N–H and O–H groups in total. The predicted octanol–water partition coefficient (Wildman–Crippen LogP) is 1.83. The van der Waals surface area contributed by atoms with Crippen molar-refractivity contribution in [2.75, 3.05) is 13.1 Å². The SMILES string of the molecule is O=C(Cc1ccsc1)NCc1ccc(-c2nc(C(=O)N3CCC(O)C(O)C3)co2)cc1. The summed E-state index contributed by atoms with van der Waals surface area (Å²) in [5, 5.41) is 26.2. The van der Waals surface area contributed by atoms with Gasteiger partial charge in [0.15, 0.2) is 5.69 Å². The van der Waals surface area contributed by atoms with Crippen LogP contribution in [0.1, 0.15) is 28.0 Å². The van der Waals surface area contributed by atoms with E-state index in [2.05, 4.69) is 10.3 Å². The number of nitrogens with zero attached hydrogens (tertiary/aromatic N) is 2. The summed E-state index contributed by atoms with van der Waals surface area (Å²) in [4.78, 5) is 30.3. The van der Waals surface area contributed by atoms with Crippen molar-refractivity contribution in [3.05, 3.63) is 64.2 Å². The van der Waals surface area contributed by atoms with Gasteiger partial charge in [0.1, 0.15) is 6.26 Å². The molecule has 2 amide bonds. The molecule has 0 saturated carbocycles. The van der Waals surface area contributed by atoms with E-state index in [9.17, 15) is 19.8 Å². The number of likely N-dealkylation sites (tertiary alicyclic amines) is 1. The number of oxazole rings is 1. The van der Waals surface area contributed by atoms with Crippen molar-refractivity contribution in [1.82, 2.24) is 15.2 Å². The Morgan fingerprint density at radius 1 is 1.16 bits per heavy atom. The van der Waals surface area contributed by atoms with Gasteiger partial charge in [0.25, 0.3) is 5.91 Å². The molecule has 1 aromatic carbocycles. The quantitative estimate of drug-likeness (QED) is 0.538. The standard InChI is InChI=1S/C22H23N3O5S/c26-18-5-7-25(11-19(18)27)22(29)17-12-30-21(24-17)16-3-1-14(2-4-16)10-23-20(28)9-15-6-8-31-13-15/h1-4,6,8,12-13,18-19,26-27H,5,7,9-11H2,(H,23,28). The summed E-state index contributed by atoms with van der Waals surface area (Å²) in [7, 11) is 0. The number of aliphatic hydroxyl groups excluding tert-OH is 2. The van der Waals surface area contributed by atoms with Gasteiger partial charge in [0.05, 0.1) is 18.6 Å². The molecule has 3 heterocycles. The summed E-state index contributed by atoms with van der Waals surface area (Å²) in [6.45, 7) is 0.836. The first-order chi connectivity index (χ1) is 15.0. The lowest BCUT2D eigenvalue weighted by Crippen LogP contribution is -2.49. The van der Waals surface area contributed by atoms with Gasteiger partial charge in [-0.3, -0.25) is 9.59 Å². The van der Waals surface area contributed by atoms with Crippen molar-refractivity contribution in [2.45, 2.75) is 31.6 Å². The Morgan fingerprint density at radius 3 is 2.68 bits per heavy atom. The van der Waals surface area contributed by atoms with Crippen molar-refractivity contribution >= 4 is 23.2 Å². The summed E-state index contributed by atoms with van der Waals surface area (Å²) >= 11 is 1.57. The average molecular weight is 442 g/mol. The normalized spacial score (nSPS) is 18.7. The van der Waals surface area contributed by atoms with E-state index in [0.29, 0.717) is 37.4 Å². The smallest absolute Gasteiger partial charge is 0.275 e. The van der Waals surface area contributed by atoms with E-state index in [0.717, 1.165) is 11.1 Å². The van der Waals surface area contributed by atoms with Crippen LogP contribution in [-0.2, 0) is 17.8 Å². The molecular formula is C22H23N3O5S. The number of thiophene rings is 1. The molecule has 3 aromatic rings. The highest BCUT2D eigenvalue weighted by Crippen LogP contribution is 2.21. The first kappa shape index (κ1) is 21.2. The monoisotopic (exact) mass is 441 g/mol. The number of amides is 2. The van der Waals surface area contributed by atoms with Crippen LogP contribution in [-0.4, -0.2) is 57.2 Å². The van der Waals surface area contributed by atoms with Gasteiger partial charge in [-0.1, -0.05) is 12.1 Å². The summed E-state index contributed by atoms with van der Waals surface area (Å²) < 4.78 is 5.47. The highest BCUT2D eigenvalue weighted by molar-refractivity contribution is 7.08. The lowest BCUT2D eigenvalue weighted by Gasteiger charge is -2.32. The molecule has 2 unspecified atom stereocenters. The number of β-amino-alcohol motifs (C(OH)–C–C–N with tert-alkyl or cyclic N) is 1. The minimum absolute atomic E-state index is 0.0336. The predicted molar refractivity (Wildman–Crippen MR) is 114 cm³/mol. The number of hydrogen-bond donors (Lipinski definition) is 3. The fourth-order valence-corrected chi connectivity index (χ4v) is 4.05. The Labute approximate surface area is 183 Å². The second-order valence-corrected chi connectivity index (χ2v) is 8.27. The van der Waals surface area contributed by atoms with E-state index < -0.39 is 12.2 Å². The molecule has 4 rings (SSSR count). The summed E-state index contributed by atoms with van der Waals surface area (Å²) in [6, 6.07) is 9.32. The molecule has 1 fully saturated rings. The van der Waals surface area contributed by atoms with E-state index in [-0.39, 0.29) is 24.1 Å². The van der Waals surface area contributed by atoms with E-state index in [1.54, 1.807) is 11.3 Å². The highest BCUT2D eigenvalue weighted by Gasteiger charge is 2.30. The number of hydrogen-bond acceptors (Lipinski definition) is 7. The zero-order valence-electron chi connectivity index (χ0n) is 16.7. The maximum Gasteiger partial charge on any atom is 0.275 e. The fourth-order valence-electron chi connectivity index (χ4n) is 3.38. The summed E-state index contributed by atoms with van der Waals surface area (Å²) in [5.74, 6) is -0.0615. The minimum Gasteiger partial charge on any atom is -0.444 e. The average Bonchev–Trinajstić information content (AvgIpc) is 3.46. The molecule has 1 aliphatic heterocycles. The largest absolute Gasteiger partial charge is 0.444 e. The Kier molecular flexibility index (Phi) is 6.45. The number of carbonyl (C=O) groups excluding carboxylic acids is 2. The molecule has 0 spiro atoms. The van der Waals surface area contributed by atoms with Crippen LogP contribution >= 0.6 is 11.3 Å². The van der Waals surface area contributed by atoms with Gasteiger partial charge in [-0.15, -0.1) is 0 Å². The first-order valence-corrected chi connectivity index (χ1v) is 10.9. The van der Waals surface area contributed by atoms with Crippen LogP contribution in [0.5, 0.6) is 0 Å². The van der Waals surface area contributed by atoms with Gasteiger partial charge in [-0.05, 0) is 46.5 Å². The molecule has 31 heavy (non-hydrogen) atoms. The Morgan fingerprint density at radius 2 is 1.97 bits per heavy atom. The van der Waals surface area contributed by atoms with Crippen LogP contribution in [0.15, 0.2) is 51.8 Å².